The third kappa shape index (κ3) is 5.40. The number of hydrogen-bond donors (Lipinski definition) is 2. The van der Waals surface area contributed by atoms with E-state index in [1.807, 2.05) is 0 Å². The fraction of sp³-hybridized carbons (Fsp3) is 0.611. The van der Waals surface area contributed by atoms with Crippen molar-refractivity contribution >= 4 is 24.1 Å². The number of nitrogens with two attached hydrogens (primary N) is 1. The number of carbonyl (C=O) groups excluding carboxylic acids is 1. The van der Waals surface area contributed by atoms with Crippen LogP contribution in [0.25, 0.3) is 0 Å². The van der Waals surface area contributed by atoms with Gasteiger partial charge in [0.15, 0.2) is 0 Å². The van der Waals surface area contributed by atoms with E-state index in [0.717, 1.165) is 0 Å². The van der Waals surface area contributed by atoms with Crippen LogP contribution in [0.2, 0.25) is 0 Å². The minimum Gasteiger partial charge on any atom is -0.461 e. The molecule has 5 heteroatoms. The van der Waals surface area contributed by atoms with Crippen LogP contribution in [0.1, 0.15) is 50.4 Å². The Kier molecular flexibility index (Phi) is 7.36. The summed E-state index contributed by atoms with van der Waals surface area (Å²) in [6, 6.07) is 7.29. The summed E-state index contributed by atoms with van der Waals surface area (Å²) in [6.07, 6.45) is 3.82. The highest BCUT2D eigenvalue weighted by Crippen LogP contribution is 2.38. The standard InChI is InChI=1S/C18H28N2O2.ClH/c1-13-5-4-10-18(2,3)16(13)20-11-12-22-17(21)14-6-8-15(19)9-7-14;/h6-9,13,16,20H,4-5,10-12,19H2,1-3H3;1H. The molecule has 2 rings (SSSR count). The topological polar surface area (TPSA) is 64.3 Å². The number of rotatable bonds is 5. The van der Waals surface area contributed by atoms with Gasteiger partial charge in [-0.2, -0.15) is 0 Å². The van der Waals surface area contributed by atoms with Crippen molar-refractivity contribution in [1.82, 2.24) is 5.32 Å². The molecule has 1 saturated carbocycles. The molecule has 4 nitrogen and oxygen atoms in total. The summed E-state index contributed by atoms with van der Waals surface area (Å²) >= 11 is 0. The van der Waals surface area contributed by atoms with Gasteiger partial charge in [0, 0.05) is 18.3 Å². The molecule has 0 aromatic heterocycles. The van der Waals surface area contributed by atoms with Crippen LogP contribution in [0.15, 0.2) is 24.3 Å². The largest absolute Gasteiger partial charge is 0.461 e. The lowest BCUT2D eigenvalue weighted by molar-refractivity contribution is 0.0482. The molecule has 0 heterocycles. The van der Waals surface area contributed by atoms with Gasteiger partial charge in [-0.05, 0) is 48.4 Å². The van der Waals surface area contributed by atoms with Crippen molar-refractivity contribution in [2.75, 3.05) is 18.9 Å². The Bertz CT molecular complexity index is 502. The van der Waals surface area contributed by atoms with E-state index >= 15 is 0 Å². The molecular weight excluding hydrogens is 312 g/mol. The average molecular weight is 341 g/mol. The summed E-state index contributed by atoms with van der Waals surface area (Å²) < 4.78 is 5.32. The molecule has 1 fully saturated rings. The Labute approximate surface area is 145 Å². The van der Waals surface area contributed by atoms with Crippen molar-refractivity contribution in [3.63, 3.8) is 0 Å². The van der Waals surface area contributed by atoms with E-state index in [4.69, 9.17) is 10.5 Å². The van der Waals surface area contributed by atoms with Gasteiger partial charge in [-0.1, -0.05) is 27.2 Å². The van der Waals surface area contributed by atoms with Crippen LogP contribution in [0, 0.1) is 11.3 Å². The maximum Gasteiger partial charge on any atom is 0.338 e. The first-order valence-corrected chi connectivity index (χ1v) is 8.16. The van der Waals surface area contributed by atoms with Crippen LogP contribution in [0.5, 0.6) is 0 Å². The molecule has 0 saturated heterocycles. The molecule has 2 atom stereocenters. The summed E-state index contributed by atoms with van der Waals surface area (Å²) in [5.41, 5.74) is 7.10. The van der Waals surface area contributed by atoms with Gasteiger partial charge in [-0.3, -0.25) is 0 Å². The smallest absolute Gasteiger partial charge is 0.338 e. The van der Waals surface area contributed by atoms with Crippen molar-refractivity contribution in [1.29, 1.82) is 0 Å². The highest BCUT2D eigenvalue weighted by molar-refractivity contribution is 5.89. The predicted octanol–water partition coefficient (Wildman–Crippen LogP) is 3.65. The van der Waals surface area contributed by atoms with Crippen molar-refractivity contribution in [2.45, 2.75) is 46.1 Å². The minimum absolute atomic E-state index is 0. The predicted molar refractivity (Wildman–Crippen MR) is 97.0 cm³/mol. The molecule has 130 valence electrons. The van der Waals surface area contributed by atoms with Crippen LogP contribution >= 0.6 is 12.4 Å². The maximum atomic E-state index is 11.9. The van der Waals surface area contributed by atoms with Gasteiger partial charge in [-0.15, -0.1) is 12.4 Å². The summed E-state index contributed by atoms with van der Waals surface area (Å²) in [7, 11) is 0. The van der Waals surface area contributed by atoms with E-state index in [-0.39, 0.29) is 18.4 Å². The Balaban J connectivity index is 0.00000264. The van der Waals surface area contributed by atoms with E-state index in [1.165, 1.54) is 19.3 Å². The minimum atomic E-state index is -0.294. The molecule has 0 aliphatic heterocycles. The number of hydrogen-bond acceptors (Lipinski definition) is 4. The molecule has 0 amide bonds. The Hall–Kier alpha value is -1.26. The van der Waals surface area contributed by atoms with Gasteiger partial charge in [0.1, 0.15) is 6.61 Å². The fourth-order valence-corrected chi connectivity index (χ4v) is 3.51. The molecule has 23 heavy (non-hydrogen) atoms. The SMILES string of the molecule is CC1CCCC(C)(C)C1NCCOC(=O)c1ccc(N)cc1.Cl. The van der Waals surface area contributed by atoms with Crippen LogP contribution in [-0.2, 0) is 4.74 Å². The monoisotopic (exact) mass is 340 g/mol. The first-order valence-electron chi connectivity index (χ1n) is 8.16. The Morgan fingerprint density at radius 3 is 2.61 bits per heavy atom. The molecule has 0 bridgehead atoms. The lowest BCUT2D eigenvalue weighted by Crippen LogP contribution is -2.49. The molecule has 1 aliphatic carbocycles. The van der Waals surface area contributed by atoms with Crippen molar-refractivity contribution < 1.29 is 9.53 Å². The second-order valence-electron chi connectivity index (χ2n) is 7.05. The fourth-order valence-electron chi connectivity index (χ4n) is 3.51. The molecular formula is C18H29ClN2O2. The summed E-state index contributed by atoms with van der Waals surface area (Å²) in [5, 5.41) is 3.58. The van der Waals surface area contributed by atoms with Crippen LogP contribution < -0.4 is 11.1 Å². The second-order valence-corrected chi connectivity index (χ2v) is 7.05. The quantitative estimate of drug-likeness (QED) is 0.488. The number of halogens is 1. The van der Waals surface area contributed by atoms with Crippen molar-refractivity contribution in [3.8, 4) is 0 Å². The Morgan fingerprint density at radius 1 is 1.35 bits per heavy atom. The average Bonchev–Trinajstić information content (AvgIpc) is 2.46. The van der Waals surface area contributed by atoms with Gasteiger partial charge in [0.2, 0.25) is 0 Å². The number of nitrogen functional groups attached to an aromatic ring is 1. The molecule has 0 spiro atoms. The highest BCUT2D eigenvalue weighted by Gasteiger charge is 2.36. The zero-order valence-electron chi connectivity index (χ0n) is 14.3. The number of ether oxygens (including phenoxy) is 1. The molecule has 1 aromatic carbocycles. The van der Waals surface area contributed by atoms with Gasteiger partial charge >= 0.3 is 5.97 Å². The third-order valence-corrected chi connectivity index (χ3v) is 4.74. The zero-order chi connectivity index (χ0) is 16.2. The van der Waals surface area contributed by atoms with Gasteiger partial charge in [-0.25, -0.2) is 4.79 Å². The molecule has 1 aliphatic rings. The van der Waals surface area contributed by atoms with E-state index in [9.17, 15) is 4.79 Å². The number of carbonyl (C=O) groups is 1. The number of esters is 1. The lowest BCUT2D eigenvalue weighted by Gasteiger charge is -2.43. The third-order valence-electron chi connectivity index (χ3n) is 4.74. The van der Waals surface area contributed by atoms with Crippen molar-refractivity contribution in [3.05, 3.63) is 29.8 Å². The van der Waals surface area contributed by atoms with Crippen LogP contribution in [0.3, 0.4) is 0 Å². The Morgan fingerprint density at radius 2 is 2.00 bits per heavy atom. The molecule has 2 unspecified atom stereocenters. The molecule has 0 radical (unpaired) electrons. The first-order chi connectivity index (χ1) is 10.4. The molecule has 3 N–H and O–H groups in total. The molecule has 1 aromatic rings. The van der Waals surface area contributed by atoms with Crippen LogP contribution in [-0.4, -0.2) is 25.2 Å². The van der Waals surface area contributed by atoms with E-state index in [1.54, 1.807) is 24.3 Å². The van der Waals surface area contributed by atoms with Gasteiger partial charge in [0.05, 0.1) is 5.56 Å². The summed E-state index contributed by atoms with van der Waals surface area (Å²) in [5.74, 6) is 0.370. The maximum absolute atomic E-state index is 11.9. The lowest BCUT2D eigenvalue weighted by atomic mass is 9.68. The van der Waals surface area contributed by atoms with E-state index in [0.29, 0.717) is 41.8 Å². The van der Waals surface area contributed by atoms with Crippen LogP contribution in [0.4, 0.5) is 5.69 Å². The summed E-state index contributed by atoms with van der Waals surface area (Å²) in [4.78, 5) is 11.9. The van der Waals surface area contributed by atoms with Gasteiger partial charge in [0.25, 0.3) is 0 Å². The van der Waals surface area contributed by atoms with E-state index < -0.39 is 0 Å². The summed E-state index contributed by atoms with van der Waals surface area (Å²) in [6.45, 7) is 8.03. The highest BCUT2D eigenvalue weighted by atomic mass is 35.5. The second kappa shape index (κ2) is 8.55. The van der Waals surface area contributed by atoms with Crippen molar-refractivity contribution in [2.24, 2.45) is 11.3 Å². The number of nitrogens with one attached hydrogen (secondary N) is 1. The first kappa shape index (κ1) is 19.8. The number of benzene rings is 1. The number of anilines is 1. The normalized spacial score (nSPS) is 22.9. The van der Waals surface area contributed by atoms with Gasteiger partial charge < -0.3 is 15.8 Å². The van der Waals surface area contributed by atoms with E-state index in [2.05, 4.69) is 26.1 Å². The zero-order valence-corrected chi connectivity index (χ0v) is 15.1.